The topological polar surface area (TPSA) is 63.2 Å². The molecule has 0 unspecified atom stereocenters. The molecule has 0 saturated heterocycles. The Morgan fingerprint density at radius 3 is 2.26 bits per heavy atom. The van der Waals surface area contributed by atoms with E-state index in [1.807, 2.05) is 56.3 Å². The van der Waals surface area contributed by atoms with Gasteiger partial charge in [-0.15, -0.1) is 0 Å². The third kappa shape index (κ3) is 6.54. The summed E-state index contributed by atoms with van der Waals surface area (Å²) in [5, 5.41) is 0. The number of ketones is 1. The lowest BCUT2D eigenvalue weighted by Gasteiger charge is -2.13. The molecule has 178 valence electrons. The van der Waals surface area contributed by atoms with Crippen molar-refractivity contribution >= 4 is 11.9 Å². The van der Waals surface area contributed by atoms with E-state index in [1.165, 1.54) is 13.2 Å². The highest BCUT2D eigenvalue weighted by atomic mass is 16.5. The van der Waals surface area contributed by atoms with Crippen LogP contribution in [0.25, 0.3) is 6.08 Å². The molecule has 3 rings (SSSR count). The van der Waals surface area contributed by atoms with E-state index < -0.39 is 0 Å². The molecule has 0 N–H and O–H groups in total. The fraction of sp³-hybridized carbons (Fsp3) is 0.250. The average Bonchev–Trinajstić information content (AvgIpc) is 2.87. The van der Waals surface area contributed by atoms with E-state index in [9.17, 15) is 4.79 Å². The molecule has 0 aliphatic rings. The average molecular weight is 463 g/mol. The van der Waals surface area contributed by atoms with Crippen LogP contribution in [0.5, 0.6) is 28.7 Å². The van der Waals surface area contributed by atoms with Crippen LogP contribution in [0.2, 0.25) is 0 Å². The minimum Gasteiger partial charge on any atom is -0.497 e. The fourth-order valence-electron chi connectivity index (χ4n) is 3.33. The number of benzene rings is 3. The molecule has 6 heteroatoms. The van der Waals surface area contributed by atoms with Gasteiger partial charge >= 0.3 is 0 Å². The first-order valence-electron chi connectivity index (χ1n) is 11.1. The predicted molar refractivity (Wildman–Crippen MR) is 132 cm³/mol. The summed E-state index contributed by atoms with van der Waals surface area (Å²) in [6.45, 7) is 5.38. The summed E-state index contributed by atoms with van der Waals surface area (Å²) in [6.07, 6.45) is 3.26. The Hall–Kier alpha value is -3.93. The van der Waals surface area contributed by atoms with Gasteiger partial charge in [0.1, 0.15) is 23.9 Å². The van der Waals surface area contributed by atoms with Crippen LogP contribution >= 0.6 is 0 Å². The first kappa shape index (κ1) is 24.7. The number of carbonyl (C=O) groups is 1. The summed E-state index contributed by atoms with van der Waals surface area (Å²) in [6, 6.07) is 18.5. The molecule has 0 saturated carbocycles. The smallest absolute Gasteiger partial charge is 0.189 e. The fourth-order valence-corrected chi connectivity index (χ4v) is 3.33. The van der Waals surface area contributed by atoms with Crippen LogP contribution in [0.3, 0.4) is 0 Å². The maximum atomic E-state index is 12.7. The highest BCUT2D eigenvalue weighted by Crippen LogP contribution is 2.29. The van der Waals surface area contributed by atoms with E-state index in [2.05, 4.69) is 0 Å². The third-order valence-corrected chi connectivity index (χ3v) is 4.97. The molecule has 6 nitrogen and oxygen atoms in total. The van der Waals surface area contributed by atoms with E-state index in [-0.39, 0.29) is 5.78 Å². The SMILES string of the molecule is CCOc1ccc(COc2cccc(/C=C/C(=O)c3cc(OC)ccc3OC)c2)cc1OCC. The molecule has 0 spiro atoms. The van der Waals surface area contributed by atoms with Gasteiger partial charge in [0, 0.05) is 0 Å². The van der Waals surface area contributed by atoms with Crippen LogP contribution in [-0.4, -0.2) is 33.2 Å². The zero-order valence-electron chi connectivity index (χ0n) is 20.0. The lowest BCUT2D eigenvalue weighted by atomic mass is 10.1. The first-order chi connectivity index (χ1) is 16.6. The Labute approximate surface area is 200 Å². The molecular formula is C28H30O6. The summed E-state index contributed by atoms with van der Waals surface area (Å²) in [7, 11) is 3.09. The van der Waals surface area contributed by atoms with Gasteiger partial charge in [-0.1, -0.05) is 24.3 Å². The van der Waals surface area contributed by atoms with Crippen molar-refractivity contribution in [1.82, 2.24) is 0 Å². The molecule has 0 radical (unpaired) electrons. The van der Waals surface area contributed by atoms with E-state index in [1.54, 1.807) is 31.4 Å². The predicted octanol–water partition coefficient (Wildman–Crippen LogP) is 5.98. The van der Waals surface area contributed by atoms with Gasteiger partial charge in [0.2, 0.25) is 0 Å². The minimum atomic E-state index is -0.181. The molecule has 0 heterocycles. The Morgan fingerprint density at radius 1 is 0.765 bits per heavy atom. The molecule has 0 bridgehead atoms. The van der Waals surface area contributed by atoms with Crippen molar-refractivity contribution in [1.29, 1.82) is 0 Å². The second-order valence-corrected chi connectivity index (χ2v) is 7.27. The number of carbonyl (C=O) groups excluding carboxylic acids is 1. The van der Waals surface area contributed by atoms with Crippen molar-refractivity contribution in [2.45, 2.75) is 20.5 Å². The summed E-state index contributed by atoms with van der Waals surface area (Å²) in [5.41, 5.74) is 2.24. The van der Waals surface area contributed by atoms with Gasteiger partial charge in [0.25, 0.3) is 0 Å². The molecular weight excluding hydrogens is 432 g/mol. The molecule has 0 aromatic heterocycles. The van der Waals surface area contributed by atoms with Gasteiger partial charge < -0.3 is 23.7 Å². The standard InChI is InChI=1S/C28H30O6/c1-5-32-27-14-11-21(17-28(27)33-6-2)19-34-23-9-7-8-20(16-23)10-13-25(29)24-18-22(30-3)12-15-26(24)31-4/h7-18H,5-6,19H2,1-4H3/b13-10+. The summed E-state index contributed by atoms with van der Waals surface area (Å²) < 4.78 is 27.8. The Balaban J connectivity index is 1.69. The highest BCUT2D eigenvalue weighted by molar-refractivity contribution is 6.08. The molecule has 0 atom stereocenters. The first-order valence-corrected chi connectivity index (χ1v) is 11.1. The third-order valence-electron chi connectivity index (χ3n) is 4.97. The lowest BCUT2D eigenvalue weighted by Crippen LogP contribution is -2.01. The van der Waals surface area contributed by atoms with Crippen molar-refractivity contribution in [3.63, 3.8) is 0 Å². The normalized spacial score (nSPS) is 10.7. The van der Waals surface area contributed by atoms with Crippen molar-refractivity contribution in [3.05, 3.63) is 83.4 Å². The lowest BCUT2D eigenvalue weighted by molar-refractivity contribution is 0.104. The monoisotopic (exact) mass is 462 g/mol. The summed E-state index contributed by atoms with van der Waals surface area (Å²) in [5.74, 6) is 3.02. The number of allylic oxidation sites excluding steroid dienone is 1. The van der Waals surface area contributed by atoms with Crippen molar-refractivity contribution in [2.75, 3.05) is 27.4 Å². The van der Waals surface area contributed by atoms with Crippen LogP contribution in [0.1, 0.15) is 35.3 Å². The number of rotatable bonds is 12. The summed E-state index contributed by atoms with van der Waals surface area (Å²) >= 11 is 0. The maximum Gasteiger partial charge on any atom is 0.189 e. The molecule has 0 aliphatic heterocycles. The Morgan fingerprint density at radius 2 is 1.53 bits per heavy atom. The number of methoxy groups -OCH3 is 2. The number of ether oxygens (including phenoxy) is 5. The molecule has 0 aliphatic carbocycles. The quantitative estimate of drug-likeness (QED) is 0.244. The second kappa shape index (κ2) is 12.3. The summed E-state index contributed by atoms with van der Waals surface area (Å²) in [4.78, 5) is 12.7. The zero-order chi connectivity index (χ0) is 24.3. The molecule has 0 amide bonds. The van der Waals surface area contributed by atoms with Gasteiger partial charge in [-0.2, -0.15) is 0 Å². The van der Waals surface area contributed by atoms with Crippen LogP contribution in [0, 0.1) is 0 Å². The Bertz CT molecular complexity index is 1140. The van der Waals surface area contributed by atoms with Gasteiger partial charge in [-0.3, -0.25) is 4.79 Å². The van der Waals surface area contributed by atoms with Gasteiger partial charge in [-0.25, -0.2) is 0 Å². The van der Waals surface area contributed by atoms with E-state index in [0.29, 0.717) is 48.4 Å². The van der Waals surface area contributed by atoms with Gasteiger partial charge in [0.05, 0.1) is 33.0 Å². The van der Waals surface area contributed by atoms with Crippen molar-refractivity contribution < 1.29 is 28.5 Å². The molecule has 0 fully saturated rings. The zero-order valence-corrected chi connectivity index (χ0v) is 20.0. The van der Waals surface area contributed by atoms with Crippen LogP contribution in [0.4, 0.5) is 0 Å². The van der Waals surface area contributed by atoms with Crippen LogP contribution in [0.15, 0.2) is 66.7 Å². The van der Waals surface area contributed by atoms with Crippen LogP contribution in [-0.2, 0) is 6.61 Å². The number of hydrogen-bond donors (Lipinski definition) is 0. The number of hydrogen-bond acceptors (Lipinski definition) is 6. The molecule has 3 aromatic carbocycles. The second-order valence-electron chi connectivity index (χ2n) is 7.27. The van der Waals surface area contributed by atoms with E-state index >= 15 is 0 Å². The van der Waals surface area contributed by atoms with Crippen LogP contribution < -0.4 is 23.7 Å². The maximum absolute atomic E-state index is 12.7. The van der Waals surface area contributed by atoms with E-state index in [4.69, 9.17) is 23.7 Å². The van der Waals surface area contributed by atoms with Crippen molar-refractivity contribution in [3.8, 4) is 28.7 Å². The molecule has 3 aromatic rings. The van der Waals surface area contributed by atoms with Gasteiger partial charge in [0.15, 0.2) is 17.3 Å². The van der Waals surface area contributed by atoms with Crippen molar-refractivity contribution in [2.24, 2.45) is 0 Å². The van der Waals surface area contributed by atoms with E-state index in [0.717, 1.165) is 16.9 Å². The minimum absolute atomic E-state index is 0.181. The highest BCUT2D eigenvalue weighted by Gasteiger charge is 2.11. The largest absolute Gasteiger partial charge is 0.497 e. The van der Waals surface area contributed by atoms with Gasteiger partial charge in [-0.05, 0) is 73.5 Å². The molecule has 34 heavy (non-hydrogen) atoms. The Kier molecular flexibility index (Phi) is 8.97.